The Kier molecular flexibility index (Phi) is 15.0. The zero-order valence-corrected chi connectivity index (χ0v) is 32.6. The van der Waals surface area contributed by atoms with Gasteiger partial charge in [-0.05, 0) is 58.0 Å². The molecule has 0 bridgehead atoms. The number of ether oxygens (including phenoxy) is 2. The van der Waals surface area contributed by atoms with Crippen LogP contribution in [0.4, 0.5) is 36.4 Å². The van der Waals surface area contributed by atoms with E-state index in [1.807, 2.05) is 11.9 Å². The second-order valence-corrected chi connectivity index (χ2v) is 13.9. The molecule has 14 heteroatoms. The molecule has 1 N–H and O–H groups in total. The number of alkyl halides is 5. The molecule has 1 heterocycles. The van der Waals surface area contributed by atoms with Crippen LogP contribution in [0.25, 0.3) is 0 Å². The van der Waals surface area contributed by atoms with Crippen molar-refractivity contribution in [2.24, 2.45) is 0 Å². The van der Waals surface area contributed by atoms with Crippen LogP contribution in [0.5, 0.6) is 5.75 Å². The third-order valence-corrected chi connectivity index (χ3v) is 9.73. The zero-order valence-electron chi connectivity index (χ0n) is 32.6. The van der Waals surface area contributed by atoms with Gasteiger partial charge in [0.2, 0.25) is 5.82 Å². The summed E-state index contributed by atoms with van der Waals surface area (Å²) in [5, 5.41) is 16.8. The van der Waals surface area contributed by atoms with Crippen molar-refractivity contribution in [1.82, 2.24) is 14.9 Å². The van der Waals surface area contributed by atoms with Gasteiger partial charge < -0.3 is 24.7 Å². The number of anilines is 1. The molecule has 1 atom stereocenters. The highest BCUT2D eigenvalue weighted by Gasteiger charge is 2.42. The van der Waals surface area contributed by atoms with Gasteiger partial charge in [0, 0.05) is 68.2 Å². The molecule has 300 valence electrons. The molecule has 55 heavy (non-hydrogen) atoms. The maximum Gasteiger partial charge on any atom is 0.416 e. The molecule has 7 nitrogen and oxygen atoms in total. The lowest BCUT2D eigenvalue weighted by Gasteiger charge is -2.50. The molecule has 0 aliphatic carbocycles. The molecule has 0 radical (unpaired) electrons. The molecule has 0 aromatic heterocycles. The Balaban J connectivity index is 2.01. The molecule has 1 unspecified atom stereocenters. The van der Waals surface area contributed by atoms with E-state index < -0.39 is 40.8 Å². The standard InChI is InChI=1S/C41H50F7N5O2/c1-11-28(13-15-30(12-2)41(46,47)48)32-23-31(40(7,44)45)16-17-34(32)50-26(3)36-27(4)53(52(9)39(5,6)33(36)24-49)25-29-14-18-35(38(43)37(29)42)55-22-20-51(8)19-21-54-10/h12-18,23,28,50H,3-4,11,19-22,25H2,1-2,5-10H3/b15-13-,30-12+. The number of allylic oxidation sites excluding steroid dienone is 4. The largest absolute Gasteiger partial charge is 0.489 e. The molecule has 0 fully saturated rings. The molecule has 0 saturated carbocycles. The van der Waals surface area contributed by atoms with Crippen LogP contribution in [-0.4, -0.2) is 74.1 Å². The van der Waals surface area contributed by atoms with Gasteiger partial charge in [-0.3, -0.25) is 0 Å². The van der Waals surface area contributed by atoms with Gasteiger partial charge >= 0.3 is 6.18 Å². The Morgan fingerprint density at radius 2 is 1.75 bits per heavy atom. The van der Waals surface area contributed by atoms with E-state index in [1.54, 1.807) is 44.9 Å². The molecule has 0 saturated heterocycles. The van der Waals surface area contributed by atoms with Crippen LogP contribution in [0, 0.1) is 23.0 Å². The lowest BCUT2D eigenvalue weighted by Crippen LogP contribution is -2.56. The lowest BCUT2D eigenvalue weighted by molar-refractivity contribution is -0.0883. The maximum absolute atomic E-state index is 15.6. The predicted octanol–water partition coefficient (Wildman–Crippen LogP) is 9.99. The quantitative estimate of drug-likeness (QED) is 0.127. The van der Waals surface area contributed by atoms with E-state index in [9.17, 15) is 27.2 Å². The molecule has 0 amide bonds. The summed E-state index contributed by atoms with van der Waals surface area (Å²) in [5.41, 5.74) is -1.01. The first-order valence-corrected chi connectivity index (χ1v) is 17.7. The van der Waals surface area contributed by atoms with Crippen molar-refractivity contribution in [3.8, 4) is 11.8 Å². The van der Waals surface area contributed by atoms with Crippen LogP contribution in [-0.2, 0) is 17.2 Å². The number of likely N-dealkylation sites (N-methyl/N-ethyl adjacent to an activating group) is 2. The van der Waals surface area contributed by atoms with Crippen molar-refractivity contribution in [3.05, 3.63) is 118 Å². The number of nitrogens with one attached hydrogen (secondary N) is 1. The highest BCUT2D eigenvalue weighted by atomic mass is 19.4. The second kappa shape index (κ2) is 18.4. The summed E-state index contributed by atoms with van der Waals surface area (Å²) in [6.07, 6.45) is -1.20. The summed E-state index contributed by atoms with van der Waals surface area (Å²) in [7, 11) is 5.10. The Bertz CT molecular complexity index is 1850. The number of rotatable bonds is 17. The number of hydrogen-bond donors (Lipinski definition) is 1. The minimum atomic E-state index is -4.61. The smallest absolute Gasteiger partial charge is 0.416 e. The number of methoxy groups -OCH3 is 1. The van der Waals surface area contributed by atoms with Gasteiger partial charge in [0.05, 0.1) is 41.6 Å². The van der Waals surface area contributed by atoms with Crippen molar-refractivity contribution in [3.63, 3.8) is 0 Å². The van der Waals surface area contributed by atoms with E-state index in [2.05, 4.69) is 24.5 Å². The number of hydrogen-bond acceptors (Lipinski definition) is 7. The summed E-state index contributed by atoms with van der Waals surface area (Å²) in [5.74, 6) is -6.53. The van der Waals surface area contributed by atoms with Crippen LogP contribution in [0.2, 0.25) is 0 Å². The summed E-state index contributed by atoms with van der Waals surface area (Å²) < 4.78 is 111. The minimum absolute atomic E-state index is 0.0282. The third kappa shape index (κ3) is 10.6. The van der Waals surface area contributed by atoms with Crippen molar-refractivity contribution >= 4 is 5.69 Å². The minimum Gasteiger partial charge on any atom is -0.489 e. The second-order valence-electron chi connectivity index (χ2n) is 13.9. The highest BCUT2D eigenvalue weighted by molar-refractivity contribution is 5.66. The molecule has 1 aliphatic rings. The Morgan fingerprint density at radius 3 is 2.31 bits per heavy atom. The highest BCUT2D eigenvalue weighted by Crippen LogP contribution is 2.43. The Labute approximate surface area is 319 Å². The Morgan fingerprint density at radius 1 is 1.09 bits per heavy atom. The van der Waals surface area contributed by atoms with Crippen LogP contribution in [0.1, 0.15) is 63.6 Å². The fourth-order valence-electron chi connectivity index (χ4n) is 6.10. The number of nitriles is 1. The maximum atomic E-state index is 15.6. The average Bonchev–Trinajstić information content (AvgIpc) is 3.11. The van der Waals surface area contributed by atoms with Gasteiger partial charge in [-0.1, -0.05) is 50.4 Å². The first-order chi connectivity index (χ1) is 25.6. The normalized spacial score (nSPS) is 16.2. The monoisotopic (exact) mass is 777 g/mol. The fourth-order valence-corrected chi connectivity index (χ4v) is 6.10. The van der Waals surface area contributed by atoms with Crippen molar-refractivity contribution in [2.75, 3.05) is 52.8 Å². The topological polar surface area (TPSA) is 64.0 Å². The molecule has 2 aromatic rings. The van der Waals surface area contributed by atoms with Crippen LogP contribution >= 0.6 is 0 Å². The average molecular weight is 778 g/mol. The van der Waals surface area contributed by atoms with Crippen LogP contribution in [0.3, 0.4) is 0 Å². The van der Waals surface area contributed by atoms with Gasteiger partial charge in [0.1, 0.15) is 6.61 Å². The van der Waals surface area contributed by atoms with Crippen LogP contribution < -0.4 is 10.1 Å². The molecular weight excluding hydrogens is 727 g/mol. The fraction of sp³-hybridized carbons (Fsp3) is 0.439. The lowest BCUT2D eigenvalue weighted by atomic mass is 9.85. The SMILES string of the molecule is C=C(Nc1ccc(C(C)(F)F)cc1C(/C=C\C(=C/C)C(F)(F)F)CC)C1=C(C#N)C(C)(C)N(C)N(Cc2ccc(OCCN(C)CCOC)c(F)c2F)C1=C. The van der Waals surface area contributed by atoms with E-state index in [1.165, 1.54) is 43.3 Å². The predicted molar refractivity (Wildman–Crippen MR) is 201 cm³/mol. The summed E-state index contributed by atoms with van der Waals surface area (Å²) in [6.45, 7) is 17.0. The van der Waals surface area contributed by atoms with Gasteiger partial charge in [-0.15, -0.1) is 0 Å². The van der Waals surface area contributed by atoms with Gasteiger partial charge in [0.25, 0.3) is 5.92 Å². The summed E-state index contributed by atoms with van der Waals surface area (Å²) in [4.78, 5) is 1.92. The van der Waals surface area contributed by atoms with Crippen molar-refractivity contribution in [2.45, 2.75) is 71.1 Å². The molecule has 0 spiro atoms. The van der Waals surface area contributed by atoms with E-state index in [0.29, 0.717) is 19.7 Å². The van der Waals surface area contributed by atoms with Gasteiger partial charge in [-0.2, -0.15) is 22.8 Å². The van der Waals surface area contributed by atoms with E-state index in [4.69, 9.17) is 9.47 Å². The van der Waals surface area contributed by atoms with E-state index in [-0.39, 0.29) is 70.2 Å². The third-order valence-electron chi connectivity index (χ3n) is 9.73. The number of nitrogens with zero attached hydrogens (tertiary/aromatic N) is 4. The molecule has 1 aliphatic heterocycles. The van der Waals surface area contributed by atoms with Crippen molar-refractivity contribution < 1.29 is 40.2 Å². The summed E-state index contributed by atoms with van der Waals surface area (Å²) >= 11 is 0. The van der Waals surface area contributed by atoms with Crippen molar-refractivity contribution in [1.29, 1.82) is 5.26 Å². The van der Waals surface area contributed by atoms with Crippen LogP contribution in [0.15, 0.2) is 89.8 Å². The number of hydrazine groups is 1. The van der Waals surface area contributed by atoms with Gasteiger partial charge in [-0.25, -0.2) is 18.2 Å². The van der Waals surface area contributed by atoms with E-state index in [0.717, 1.165) is 19.1 Å². The first-order valence-electron chi connectivity index (χ1n) is 17.7. The zero-order chi connectivity index (χ0) is 41.5. The summed E-state index contributed by atoms with van der Waals surface area (Å²) in [6, 6.07) is 8.79. The van der Waals surface area contributed by atoms with E-state index >= 15 is 8.78 Å². The number of halogens is 7. The van der Waals surface area contributed by atoms with Gasteiger partial charge in [0.15, 0.2) is 11.6 Å². The molecule has 2 aromatic carbocycles. The Hall–Kier alpha value is -4.58. The molecular formula is C41H50F7N5O2. The first kappa shape index (κ1) is 44.8. The molecule has 3 rings (SSSR count). The number of benzene rings is 2.